The van der Waals surface area contributed by atoms with Crippen molar-refractivity contribution in [1.82, 2.24) is 9.97 Å². The monoisotopic (exact) mass is 359 g/mol. The summed E-state index contributed by atoms with van der Waals surface area (Å²) in [5, 5.41) is 8.82. The van der Waals surface area contributed by atoms with Gasteiger partial charge in [0.05, 0.1) is 18.2 Å². The first kappa shape index (κ1) is 15.3. The summed E-state index contributed by atoms with van der Waals surface area (Å²) < 4.78 is 5.79. The molecule has 0 bridgehead atoms. The Bertz CT molecular complexity index is 1060. The molecule has 4 nitrogen and oxygen atoms in total. The van der Waals surface area contributed by atoms with Crippen molar-refractivity contribution in [3.05, 3.63) is 70.9 Å². The molecule has 0 spiro atoms. The molecule has 26 heavy (non-hydrogen) atoms. The van der Waals surface area contributed by atoms with Gasteiger partial charge in [0.1, 0.15) is 11.6 Å². The van der Waals surface area contributed by atoms with E-state index in [0.29, 0.717) is 6.61 Å². The van der Waals surface area contributed by atoms with Gasteiger partial charge < -0.3 is 10.1 Å². The second-order valence-corrected chi connectivity index (χ2v) is 7.08. The Hall–Kier alpha value is -2.92. The molecule has 0 fully saturated rings. The van der Waals surface area contributed by atoms with Crippen molar-refractivity contribution in [2.45, 2.75) is 12.5 Å². The fourth-order valence-corrected chi connectivity index (χ4v) is 4.00. The largest absolute Gasteiger partial charge is 0.493 e. The Morgan fingerprint density at radius 2 is 1.88 bits per heavy atom. The Balaban J connectivity index is 1.61. The van der Waals surface area contributed by atoms with Crippen LogP contribution in [0.1, 0.15) is 18.0 Å². The number of fused-ring (bicyclic) bond motifs is 2. The average molecular weight is 359 g/mol. The lowest BCUT2D eigenvalue weighted by atomic mass is 10.0. The summed E-state index contributed by atoms with van der Waals surface area (Å²) in [4.78, 5) is 9.60. The summed E-state index contributed by atoms with van der Waals surface area (Å²) in [6.07, 6.45) is 0.906. The maximum atomic E-state index is 5.79. The van der Waals surface area contributed by atoms with Crippen LogP contribution in [0.15, 0.2) is 65.4 Å². The fourth-order valence-electron chi connectivity index (χ4n) is 3.36. The predicted octanol–water partition coefficient (Wildman–Crippen LogP) is 5.29. The lowest BCUT2D eigenvalue weighted by molar-refractivity contribution is 0.274. The van der Waals surface area contributed by atoms with Gasteiger partial charge in [-0.05, 0) is 29.6 Å². The third kappa shape index (κ3) is 2.70. The average Bonchev–Trinajstić information content (AvgIpc) is 3.23. The number of ether oxygens (including phenoxy) is 1. The van der Waals surface area contributed by atoms with Gasteiger partial charge in [0.25, 0.3) is 0 Å². The number of anilines is 1. The molecule has 0 aliphatic carbocycles. The standard InChI is InChI=1S/C21H17N3OS/c1-3-7-17-16(6-1)21(24-20(22-17)14-10-12-26-13-14)23-18-9-11-25-19-8-4-2-5-15(18)19/h1-8,10,12-13,18H,9,11H2,(H,22,23,24)/t18-/m0/s1. The Morgan fingerprint density at radius 3 is 2.81 bits per heavy atom. The molecule has 0 saturated heterocycles. The number of thiophene rings is 1. The molecule has 1 aliphatic heterocycles. The number of rotatable bonds is 3. The maximum Gasteiger partial charge on any atom is 0.162 e. The van der Waals surface area contributed by atoms with E-state index in [1.165, 1.54) is 5.56 Å². The van der Waals surface area contributed by atoms with Gasteiger partial charge in [-0.1, -0.05) is 30.3 Å². The molecular formula is C21H17N3OS. The van der Waals surface area contributed by atoms with E-state index in [1.54, 1.807) is 11.3 Å². The summed E-state index contributed by atoms with van der Waals surface area (Å²) in [6, 6.07) is 18.6. The zero-order chi connectivity index (χ0) is 17.3. The quantitative estimate of drug-likeness (QED) is 0.540. The zero-order valence-electron chi connectivity index (χ0n) is 14.1. The molecule has 4 aromatic rings. The highest BCUT2D eigenvalue weighted by Gasteiger charge is 2.22. The van der Waals surface area contributed by atoms with Gasteiger partial charge in [-0.15, -0.1) is 0 Å². The first-order valence-electron chi connectivity index (χ1n) is 8.66. The molecule has 128 valence electrons. The van der Waals surface area contributed by atoms with Gasteiger partial charge in [-0.3, -0.25) is 0 Å². The number of hydrogen-bond donors (Lipinski definition) is 1. The van der Waals surface area contributed by atoms with Crippen LogP contribution in [0, 0.1) is 0 Å². The third-order valence-electron chi connectivity index (χ3n) is 4.65. The highest BCUT2D eigenvalue weighted by molar-refractivity contribution is 7.08. The van der Waals surface area contributed by atoms with Gasteiger partial charge in [-0.2, -0.15) is 11.3 Å². The summed E-state index contributed by atoms with van der Waals surface area (Å²) in [5.41, 5.74) is 3.18. The summed E-state index contributed by atoms with van der Waals surface area (Å²) in [6.45, 7) is 0.703. The van der Waals surface area contributed by atoms with Crippen LogP contribution in [0.5, 0.6) is 5.75 Å². The smallest absolute Gasteiger partial charge is 0.162 e. The molecule has 3 heterocycles. The second kappa shape index (κ2) is 6.42. The molecular weight excluding hydrogens is 342 g/mol. The van der Waals surface area contributed by atoms with Crippen LogP contribution in [0.4, 0.5) is 5.82 Å². The second-order valence-electron chi connectivity index (χ2n) is 6.30. The van der Waals surface area contributed by atoms with Crippen LogP contribution in [-0.4, -0.2) is 16.6 Å². The maximum absolute atomic E-state index is 5.79. The van der Waals surface area contributed by atoms with E-state index < -0.39 is 0 Å². The minimum atomic E-state index is 0.175. The Kier molecular flexibility index (Phi) is 3.79. The van der Waals surface area contributed by atoms with E-state index in [1.807, 2.05) is 30.3 Å². The number of nitrogens with zero attached hydrogens (tertiary/aromatic N) is 2. The van der Waals surface area contributed by atoms with Crippen molar-refractivity contribution in [2.24, 2.45) is 0 Å². The van der Waals surface area contributed by atoms with E-state index in [2.05, 4.69) is 40.3 Å². The Labute approximate surface area is 155 Å². The normalized spacial score (nSPS) is 16.1. The number of nitrogens with one attached hydrogen (secondary N) is 1. The van der Waals surface area contributed by atoms with Crippen LogP contribution >= 0.6 is 11.3 Å². The van der Waals surface area contributed by atoms with Gasteiger partial charge in [0.15, 0.2) is 5.82 Å². The number of para-hydroxylation sites is 2. The summed E-state index contributed by atoms with van der Waals surface area (Å²) in [5.74, 6) is 2.58. The van der Waals surface area contributed by atoms with Gasteiger partial charge >= 0.3 is 0 Å². The minimum Gasteiger partial charge on any atom is -0.493 e. The van der Waals surface area contributed by atoms with E-state index in [4.69, 9.17) is 14.7 Å². The van der Waals surface area contributed by atoms with Crippen molar-refractivity contribution in [1.29, 1.82) is 0 Å². The van der Waals surface area contributed by atoms with Crippen molar-refractivity contribution in [3.63, 3.8) is 0 Å². The lowest BCUT2D eigenvalue weighted by Crippen LogP contribution is -2.21. The van der Waals surface area contributed by atoms with Crippen molar-refractivity contribution >= 4 is 28.1 Å². The zero-order valence-corrected chi connectivity index (χ0v) is 14.9. The number of benzene rings is 2. The van der Waals surface area contributed by atoms with Gasteiger partial charge in [0.2, 0.25) is 0 Å². The highest BCUT2D eigenvalue weighted by atomic mass is 32.1. The van der Waals surface area contributed by atoms with Gasteiger partial charge in [-0.25, -0.2) is 9.97 Å². The van der Waals surface area contributed by atoms with Crippen molar-refractivity contribution < 1.29 is 4.74 Å². The first-order chi connectivity index (χ1) is 12.9. The van der Waals surface area contributed by atoms with E-state index in [0.717, 1.165) is 40.3 Å². The third-order valence-corrected chi connectivity index (χ3v) is 5.34. The van der Waals surface area contributed by atoms with E-state index in [-0.39, 0.29) is 6.04 Å². The SMILES string of the molecule is c1ccc2c(c1)OCC[C@@H]2Nc1nc(-c2ccsc2)nc2ccccc12. The van der Waals surface area contributed by atoms with Crippen molar-refractivity contribution in [2.75, 3.05) is 11.9 Å². The molecule has 0 radical (unpaired) electrons. The van der Waals surface area contributed by atoms with Crippen LogP contribution in [0.3, 0.4) is 0 Å². The molecule has 0 unspecified atom stereocenters. The van der Waals surface area contributed by atoms with Crippen LogP contribution in [0.2, 0.25) is 0 Å². The van der Waals surface area contributed by atoms with Gasteiger partial charge in [0, 0.05) is 28.3 Å². The minimum absolute atomic E-state index is 0.175. The lowest BCUT2D eigenvalue weighted by Gasteiger charge is -2.27. The van der Waals surface area contributed by atoms with Crippen LogP contribution in [-0.2, 0) is 0 Å². The molecule has 0 amide bonds. The predicted molar refractivity (Wildman–Crippen MR) is 106 cm³/mol. The summed E-state index contributed by atoms with van der Waals surface area (Å²) >= 11 is 1.66. The van der Waals surface area contributed by atoms with Crippen LogP contribution < -0.4 is 10.1 Å². The molecule has 1 aliphatic rings. The van der Waals surface area contributed by atoms with Crippen LogP contribution in [0.25, 0.3) is 22.3 Å². The number of hydrogen-bond acceptors (Lipinski definition) is 5. The van der Waals surface area contributed by atoms with E-state index in [9.17, 15) is 0 Å². The van der Waals surface area contributed by atoms with E-state index >= 15 is 0 Å². The van der Waals surface area contributed by atoms with Crippen molar-refractivity contribution in [3.8, 4) is 17.1 Å². The molecule has 2 aromatic heterocycles. The molecule has 2 aromatic carbocycles. The molecule has 0 saturated carbocycles. The molecule has 1 atom stereocenters. The summed E-state index contributed by atoms with van der Waals surface area (Å²) in [7, 11) is 0. The molecule has 5 rings (SSSR count). The Morgan fingerprint density at radius 1 is 1.00 bits per heavy atom. The fraction of sp³-hybridized carbons (Fsp3) is 0.143. The topological polar surface area (TPSA) is 47.0 Å². The highest BCUT2D eigenvalue weighted by Crippen LogP contribution is 2.35. The molecule has 5 heteroatoms. The molecule has 1 N–H and O–H groups in total. The number of aromatic nitrogens is 2. The first-order valence-corrected chi connectivity index (χ1v) is 9.60.